The minimum Gasteiger partial charge on any atom is -0.481 e. The second-order valence-electron chi connectivity index (χ2n) is 5.13. The number of ether oxygens (including phenoxy) is 1. The lowest BCUT2D eigenvalue weighted by Gasteiger charge is -2.46. The molecule has 0 spiro atoms. The first kappa shape index (κ1) is 12.5. The summed E-state index contributed by atoms with van der Waals surface area (Å²) in [6.45, 7) is 6.86. The Balaban J connectivity index is 2.94. The van der Waals surface area contributed by atoms with Gasteiger partial charge in [0.15, 0.2) is 0 Å². The Hall–Kier alpha value is -0.610. The number of rotatable bonds is 2. The van der Waals surface area contributed by atoms with Gasteiger partial charge in [0.05, 0.1) is 23.2 Å². The van der Waals surface area contributed by atoms with E-state index in [1.54, 1.807) is 13.8 Å². The van der Waals surface area contributed by atoms with Crippen LogP contribution in [0.4, 0.5) is 0 Å². The zero-order valence-electron chi connectivity index (χ0n) is 9.78. The molecule has 1 aliphatic rings. The van der Waals surface area contributed by atoms with Crippen LogP contribution in [0.3, 0.4) is 0 Å². The predicted molar refractivity (Wildman–Crippen MR) is 55.6 cm³/mol. The average Bonchev–Trinajstić information content (AvgIpc) is 2.00. The molecule has 1 saturated heterocycles. The third-order valence-corrected chi connectivity index (χ3v) is 3.41. The highest BCUT2D eigenvalue weighted by Crippen LogP contribution is 2.42. The van der Waals surface area contributed by atoms with Gasteiger partial charge >= 0.3 is 5.97 Å². The zero-order valence-corrected chi connectivity index (χ0v) is 9.78. The first-order valence-corrected chi connectivity index (χ1v) is 5.30. The second kappa shape index (κ2) is 3.76. The van der Waals surface area contributed by atoms with E-state index < -0.39 is 17.0 Å². The van der Waals surface area contributed by atoms with Crippen molar-refractivity contribution in [2.24, 2.45) is 5.41 Å². The van der Waals surface area contributed by atoms with Crippen molar-refractivity contribution in [1.29, 1.82) is 0 Å². The van der Waals surface area contributed by atoms with E-state index in [4.69, 9.17) is 9.84 Å². The summed E-state index contributed by atoms with van der Waals surface area (Å²) in [7, 11) is 0. The molecular formula is C11H20O4. The van der Waals surface area contributed by atoms with Gasteiger partial charge in [0.2, 0.25) is 0 Å². The third kappa shape index (κ3) is 2.16. The molecule has 0 radical (unpaired) electrons. The summed E-state index contributed by atoms with van der Waals surface area (Å²) in [6.07, 6.45) is 0.544. The lowest BCUT2D eigenvalue weighted by Crippen LogP contribution is -2.56. The van der Waals surface area contributed by atoms with Gasteiger partial charge < -0.3 is 14.9 Å². The molecule has 0 bridgehead atoms. The van der Waals surface area contributed by atoms with Crippen molar-refractivity contribution in [2.45, 2.75) is 58.3 Å². The van der Waals surface area contributed by atoms with Gasteiger partial charge in [0.1, 0.15) is 0 Å². The average molecular weight is 216 g/mol. The maximum Gasteiger partial charge on any atom is 0.312 e. The van der Waals surface area contributed by atoms with Crippen molar-refractivity contribution in [3.8, 4) is 0 Å². The molecule has 0 aromatic rings. The van der Waals surface area contributed by atoms with Gasteiger partial charge in [0, 0.05) is 12.8 Å². The van der Waals surface area contributed by atoms with E-state index in [-0.39, 0.29) is 12.2 Å². The fourth-order valence-corrected chi connectivity index (χ4v) is 2.24. The quantitative estimate of drug-likeness (QED) is 0.732. The Morgan fingerprint density at radius 3 is 2.07 bits per heavy atom. The van der Waals surface area contributed by atoms with Gasteiger partial charge in [0.25, 0.3) is 0 Å². The van der Waals surface area contributed by atoms with Crippen LogP contribution in [0.5, 0.6) is 0 Å². The molecule has 2 unspecified atom stereocenters. The van der Waals surface area contributed by atoms with Crippen LogP contribution in [-0.2, 0) is 9.53 Å². The Kier molecular flexibility index (Phi) is 3.12. The van der Waals surface area contributed by atoms with Gasteiger partial charge in [-0.2, -0.15) is 0 Å². The standard InChI is InChI=1S/C11H20O4/c1-7-5-11(14,6-8(2)15-7)10(3,4)9(12)13/h7-8,14H,5-6H2,1-4H3,(H,12,13). The SMILES string of the molecule is CC1CC(O)(C(C)(C)C(=O)O)CC(C)O1. The van der Waals surface area contributed by atoms with E-state index in [9.17, 15) is 9.90 Å². The summed E-state index contributed by atoms with van der Waals surface area (Å²) in [5.41, 5.74) is -2.32. The number of hydrogen-bond donors (Lipinski definition) is 2. The number of aliphatic hydroxyl groups is 1. The highest BCUT2D eigenvalue weighted by Gasteiger charge is 2.52. The van der Waals surface area contributed by atoms with Gasteiger partial charge in [-0.05, 0) is 27.7 Å². The van der Waals surface area contributed by atoms with Crippen LogP contribution in [0.2, 0.25) is 0 Å². The van der Waals surface area contributed by atoms with E-state index in [0.29, 0.717) is 12.8 Å². The fourth-order valence-electron chi connectivity index (χ4n) is 2.24. The zero-order chi connectivity index (χ0) is 11.9. The van der Waals surface area contributed by atoms with Gasteiger partial charge in [-0.1, -0.05) is 0 Å². The summed E-state index contributed by atoms with van der Waals surface area (Å²) in [4.78, 5) is 11.1. The number of hydrogen-bond acceptors (Lipinski definition) is 3. The van der Waals surface area contributed by atoms with E-state index in [1.807, 2.05) is 13.8 Å². The highest BCUT2D eigenvalue weighted by molar-refractivity contribution is 5.75. The molecule has 2 atom stereocenters. The normalized spacial score (nSPS) is 37.7. The first-order chi connectivity index (χ1) is 6.69. The molecule has 88 valence electrons. The van der Waals surface area contributed by atoms with Crippen LogP contribution >= 0.6 is 0 Å². The topological polar surface area (TPSA) is 66.8 Å². The molecule has 1 fully saturated rings. The van der Waals surface area contributed by atoms with E-state index in [2.05, 4.69) is 0 Å². The monoisotopic (exact) mass is 216 g/mol. The molecule has 0 aromatic carbocycles. The molecule has 0 aliphatic carbocycles. The van der Waals surface area contributed by atoms with Gasteiger partial charge in [-0.3, -0.25) is 4.79 Å². The molecule has 15 heavy (non-hydrogen) atoms. The Morgan fingerprint density at radius 2 is 1.73 bits per heavy atom. The third-order valence-electron chi connectivity index (χ3n) is 3.41. The molecule has 1 aliphatic heterocycles. The maximum absolute atomic E-state index is 11.1. The lowest BCUT2D eigenvalue weighted by atomic mass is 9.68. The molecular weight excluding hydrogens is 196 g/mol. The lowest BCUT2D eigenvalue weighted by molar-refractivity contribution is -0.195. The van der Waals surface area contributed by atoms with Crippen LogP contribution in [0.25, 0.3) is 0 Å². The van der Waals surface area contributed by atoms with Crippen molar-refractivity contribution in [2.75, 3.05) is 0 Å². The molecule has 4 nitrogen and oxygen atoms in total. The molecule has 1 heterocycles. The minimum absolute atomic E-state index is 0.0997. The molecule has 4 heteroatoms. The summed E-state index contributed by atoms with van der Waals surface area (Å²) in [5, 5.41) is 19.6. The van der Waals surface area contributed by atoms with Crippen LogP contribution < -0.4 is 0 Å². The first-order valence-electron chi connectivity index (χ1n) is 5.30. The van der Waals surface area contributed by atoms with Gasteiger partial charge in [-0.25, -0.2) is 0 Å². The molecule has 2 N–H and O–H groups in total. The van der Waals surface area contributed by atoms with E-state index >= 15 is 0 Å². The van der Waals surface area contributed by atoms with Crippen molar-refractivity contribution in [3.63, 3.8) is 0 Å². The summed E-state index contributed by atoms with van der Waals surface area (Å²) >= 11 is 0. The second-order valence-corrected chi connectivity index (χ2v) is 5.13. The van der Waals surface area contributed by atoms with Crippen LogP contribution in [0.15, 0.2) is 0 Å². The molecule has 0 amide bonds. The number of carboxylic acid groups (broad SMARTS) is 1. The summed E-state index contributed by atoms with van der Waals surface area (Å²) < 4.78 is 5.50. The van der Waals surface area contributed by atoms with Crippen molar-refractivity contribution >= 4 is 5.97 Å². The van der Waals surface area contributed by atoms with E-state index in [0.717, 1.165) is 0 Å². The largest absolute Gasteiger partial charge is 0.481 e. The van der Waals surface area contributed by atoms with Crippen LogP contribution in [-0.4, -0.2) is 34.0 Å². The number of carbonyl (C=O) groups is 1. The van der Waals surface area contributed by atoms with E-state index in [1.165, 1.54) is 0 Å². The smallest absolute Gasteiger partial charge is 0.312 e. The minimum atomic E-state index is -1.18. The van der Waals surface area contributed by atoms with Crippen LogP contribution in [0, 0.1) is 5.41 Å². The van der Waals surface area contributed by atoms with Crippen molar-refractivity contribution in [1.82, 2.24) is 0 Å². The Morgan fingerprint density at radius 1 is 1.33 bits per heavy atom. The maximum atomic E-state index is 11.1. The number of aliphatic carboxylic acids is 1. The fraction of sp³-hybridized carbons (Fsp3) is 0.909. The summed E-state index contributed by atoms with van der Waals surface area (Å²) in [5.74, 6) is -0.966. The Labute approximate surface area is 90.2 Å². The predicted octanol–water partition coefficient (Wildman–Crippen LogP) is 1.42. The molecule has 0 aromatic heterocycles. The van der Waals surface area contributed by atoms with Crippen LogP contribution in [0.1, 0.15) is 40.5 Å². The molecule has 1 rings (SSSR count). The summed E-state index contributed by atoms with van der Waals surface area (Å²) in [6, 6.07) is 0. The highest BCUT2D eigenvalue weighted by atomic mass is 16.5. The number of carboxylic acids is 1. The molecule has 0 saturated carbocycles. The Bertz CT molecular complexity index is 249. The van der Waals surface area contributed by atoms with Crippen molar-refractivity contribution < 1.29 is 19.7 Å². The van der Waals surface area contributed by atoms with Gasteiger partial charge in [-0.15, -0.1) is 0 Å². The van der Waals surface area contributed by atoms with Crippen molar-refractivity contribution in [3.05, 3.63) is 0 Å².